The number of amides is 1. The molecule has 7 nitrogen and oxygen atoms in total. The molecule has 7 heteroatoms. The van der Waals surface area contributed by atoms with Gasteiger partial charge in [0.2, 0.25) is 11.7 Å². The Morgan fingerprint density at radius 2 is 1.83 bits per heavy atom. The fourth-order valence-corrected chi connectivity index (χ4v) is 2.04. The Kier molecular flexibility index (Phi) is 5.57. The molecule has 0 aliphatic carbocycles. The van der Waals surface area contributed by atoms with Crippen LogP contribution in [0.1, 0.15) is 20.8 Å². The van der Waals surface area contributed by atoms with E-state index in [1.54, 1.807) is 38.1 Å². The summed E-state index contributed by atoms with van der Waals surface area (Å²) in [6, 6.07) is 8.89. The van der Waals surface area contributed by atoms with Gasteiger partial charge in [-0.25, -0.2) is 4.79 Å². The molecule has 1 atom stereocenters. The Bertz CT molecular complexity index is 667. The first kappa shape index (κ1) is 17.5. The van der Waals surface area contributed by atoms with E-state index in [0.29, 0.717) is 5.69 Å². The zero-order valence-corrected chi connectivity index (χ0v) is 13.8. The number of benzene rings is 1. The zero-order chi connectivity index (χ0) is 17.7. The maximum Gasteiger partial charge on any atom is 0.348 e. The summed E-state index contributed by atoms with van der Waals surface area (Å²) in [4.78, 5) is 36.0. The first-order valence-corrected chi connectivity index (χ1v) is 7.62. The van der Waals surface area contributed by atoms with Crippen molar-refractivity contribution < 1.29 is 23.9 Å². The van der Waals surface area contributed by atoms with Crippen molar-refractivity contribution in [2.24, 2.45) is 0 Å². The van der Waals surface area contributed by atoms with Crippen molar-refractivity contribution in [1.82, 2.24) is 5.32 Å². The number of Topliss-reactive ketones (excluding diaryl/α,β-unsaturated/α-hetero) is 1. The van der Waals surface area contributed by atoms with Gasteiger partial charge in [-0.2, -0.15) is 0 Å². The third kappa shape index (κ3) is 4.34. The Labute approximate surface area is 140 Å². The molecule has 24 heavy (non-hydrogen) atoms. The Hall–Kier alpha value is -2.83. The van der Waals surface area contributed by atoms with E-state index in [4.69, 9.17) is 9.47 Å². The van der Waals surface area contributed by atoms with Gasteiger partial charge in [-0.15, -0.1) is 0 Å². The van der Waals surface area contributed by atoms with Crippen LogP contribution >= 0.6 is 0 Å². The van der Waals surface area contributed by atoms with Crippen molar-refractivity contribution in [2.75, 3.05) is 11.9 Å². The lowest BCUT2D eigenvalue weighted by Crippen LogP contribution is -2.40. The van der Waals surface area contributed by atoms with Gasteiger partial charge in [0.1, 0.15) is 0 Å². The lowest BCUT2D eigenvalue weighted by Gasteiger charge is -2.15. The monoisotopic (exact) mass is 332 g/mol. The Morgan fingerprint density at radius 1 is 1.17 bits per heavy atom. The molecule has 0 unspecified atom stereocenters. The summed E-state index contributed by atoms with van der Waals surface area (Å²) in [7, 11) is 0. The van der Waals surface area contributed by atoms with E-state index in [0.717, 1.165) is 0 Å². The molecule has 0 bridgehead atoms. The fourth-order valence-electron chi connectivity index (χ4n) is 2.04. The standard InChI is InChI=1S/C17H20N2O5/c1-10(2)18-15(21)11(3)24-17(22)14-13(20)9-23-16(14)19-12-7-5-4-6-8-12/h4-8,10-11,19H,9H2,1-3H3,(H,18,21)/t11-/m0/s1. The van der Waals surface area contributed by atoms with E-state index >= 15 is 0 Å². The summed E-state index contributed by atoms with van der Waals surface area (Å²) in [5.41, 5.74) is 0.446. The number of nitrogens with one attached hydrogen (secondary N) is 2. The molecule has 2 N–H and O–H groups in total. The number of ether oxygens (including phenoxy) is 2. The molecular weight excluding hydrogens is 312 g/mol. The first-order chi connectivity index (χ1) is 11.4. The van der Waals surface area contributed by atoms with Crippen LogP contribution in [0.5, 0.6) is 0 Å². The van der Waals surface area contributed by atoms with Crippen LogP contribution in [0, 0.1) is 0 Å². The first-order valence-electron chi connectivity index (χ1n) is 7.62. The van der Waals surface area contributed by atoms with Crippen LogP contribution in [-0.4, -0.2) is 36.4 Å². The Morgan fingerprint density at radius 3 is 2.46 bits per heavy atom. The number of ketones is 1. The molecule has 0 saturated heterocycles. The van der Waals surface area contributed by atoms with Gasteiger partial charge in [0.25, 0.3) is 5.91 Å². The Balaban J connectivity index is 2.11. The van der Waals surface area contributed by atoms with Crippen molar-refractivity contribution in [2.45, 2.75) is 32.9 Å². The van der Waals surface area contributed by atoms with Crippen LogP contribution < -0.4 is 10.6 Å². The van der Waals surface area contributed by atoms with Gasteiger partial charge in [-0.3, -0.25) is 9.59 Å². The average molecular weight is 332 g/mol. The number of para-hydroxylation sites is 1. The highest BCUT2D eigenvalue weighted by molar-refractivity contribution is 6.20. The molecule has 0 saturated carbocycles. The largest absolute Gasteiger partial charge is 0.470 e. The van der Waals surface area contributed by atoms with E-state index in [1.807, 2.05) is 6.07 Å². The number of anilines is 1. The van der Waals surface area contributed by atoms with Gasteiger partial charge >= 0.3 is 5.97 Å². The summed E-state index contributed by atoms with van der Waals surface area (Å²) in [5.74, 6) is -1.77. The summed E-state index contributed by atoms with van der Waals surface area (Å²) in [5, 5.41) is 5.51. The third-order valence-corrected chi connectivity index (χ3v) is 3.17. The molecule has 1 aromatic carbocycles. The van der Waals surface area contributed by atoms with Crippen LogP contribution in [0.25, 0.3) is 0 Å². The molecule has 1 aliphatic heterocycles. The normalized spacial score (nSPS) is 15.1. The van der Waals surface area contributed by atoms with Crippen molar-refractivity contribution in [1.29, 1.82) is 0 Å². The van der Waals surface area contributed by atoms with Crippen LogP contribution in [0.3, 0.4) is 0 Å². The minimum Gasteiger partial charge on any atom is -0.470 e. The maximum atomic E-state index is 12.3. The number of rotatable bonds is 6. The minimum absolute atomic E-state index is 0.0349. The molecule has 1 amide bonds. The summed E-state index contributed by atoms with van der Waals surface area (Å²) >= 11 is 0. The lowest BCUT2D eigenvalue weighted by molar-refractivity contribution is -0.152. The summed E-state index contributed by atoms with van der Waals surface area (Å²) in [6.45, 7) is 4.79. The second-order valence-electron chi connectivity index (χ2n) is 5.62. The van der Waals surface area contributed by atoms with Gasteiger partial charge in [0, 0.05) is 11.7 Å². The predicted octanol–water partition coefficient (Wildman–Crippen LogP) is 1.37. The summed E-state index contributed by atoms with van der Waals surface area (Å²) in [6.07, 6.45) is -1.02. The van der Waals surface area contributed by atoms with E-state index in [2.05, 4.69) is 10.6 Å². The second kappa shape index (κ2) is 7.63. The second-order valence-corrected chi connectivity index (χ2v) is 5.62. The smallest absolute Gasteiger partial charge is 0.348 e. The number of esters is 1. The highest BCUT2D eigenvalue weighted by Gasteiger charge is 2.34. The van der Waals surface area contributed by atoms with E-state index < -0.39 is 23.8 Å². The molecule has 128 valence electrons. The van der Waals surface area contributed by atoms with Crippen LogP contribution in [0.15, 0.2) is 41.8 Å². The molecule has 0 radical (unpaired) electrons. The zero-order valence-electron chi connectivity index (χ0n) is 13.8. The van der Waals surface area contributed by atoms with Gasteiger partial charge < -0.3 is 20.1 Å². The van der Waals surface area contributed by atoms with Crippen LogP contribution in [0.2, 0.25) is 0 Å². The van der Waals surface area contributed by atoms with E-state index in [-0.39, 0.29) is 24.1 Å². The van der Waals surface area contributed by atoms with Crippen molar-refractivity contribution in [3.63, 3.8) is 0 Å². The molecule has 1 aliphatic rings. The lowest BCUT2D eigenvalue weighted by atomic mass is 10.2. The molecule has 0 spiro atoms. The molecule has 0 fully saturated rings. The molecule has 2 rings (SSSR count). The average Bonchev–Trinajstić information content (AvgIpc) is 2.88. The molecular formula is C17H20N2O5. The quantitative estimate of drug-likeness (QED) is 0.603. The highest BCUT2D eigenvalue weighted by Crippen LogP contribution is 2.21. The van der Waals surface area contributed by atoms with Gasteiger partial charge in [-0.1, -0.05) is 18.2 Å². The third-order valence-electron chi connectivity index (χ3n) is 3.17. The van der Waals surface area contributed by atoms with Crippen molar-refractivity contribution in [3.8, 4) is 0 Å². The molecule has 0 aromatic heterocycles. The fraction of sp³-hybridized carbons (Fsp3) is 0.353. The minimum atomic E-state index is -1.02. The number of hydrogen-bond acceptors (Lipinski definition) is 6. The van der Waals surface area contributed by atoms with Crippen molar-refractivity contribution in [3.05, 3.63) is 41.8 Å². The highest BCUT2D eigenvalue weighted by atomic mass is 16.6. The molecule has 1 heterocycles. The van der Waals surface area contributed by atoms with Gasteiger partial charge in [-0.05, 0) is 32.9 Å². The molecule has 1 aromatic rings. The SMILES string of the molecule is CC(C)NC(=O)[C@H](C)OC(=O)C1=C(Nc2ccccc2)OCC1=O. The number of carbonyl (C=O) groups excluding carboxylic acids is 3. The topological polar surface area (TPSA) is 93.7 Å². The van der Waals surface area contributed by atoms with E-state index in [9.17, 15) is 14.4 Å². The number of carbonyl (C=O) groups is 3. The van der Waals surface area contributed by atoms with Gasteiger partial charge in [0.05, 0.1) is 0 Å². The maximum absolute atomic E-state index is 12.3. The van der Waals surface area contributed by atoms with E-state index in [1.165, 1.54) is 6.92 Å². The number of hydrogen-bond donors (Lipinski definition) is 2. The van der Waals surface area contributed by atoms with Crippen molar-refractivity contribution >= 4 is 23.3 Å². The summed E-state index contributed by atoms with van der Waals surface area (Å²) < 4.78 is 10.3. The van der Waals surface area contributed by atoms with Gasteiger partial charge in [0.15, 0.2) is 18.3 Å². The predicted molar refractivity (Wildman–Crippen MR) is 86.9 cm³/mol. The van der Waals surface area contributed by atoms with Crippen LogP contribution in [0.4, 0.5) is 5.69 Å². The van der Waals surface area contributed by atoms with Crippen LogP contribution in [-0.2, 0) is 23.9 Å².